The molecule has 1 atom stereocenters. The smallest absolute Gasteiger partial charge is 0.261 e. The van der Waals surface area contributed by atoms with Crippen molar-refractivity contribution in [2.75, 3.05) is 18.4 Å². The zero-order chi connectivity index (χ0) is 21.1. The van der Waals surface area contributed by atoms with E-state index in [1.807, 2.05) is 4.57 Å². The fraction of sp³-hybridized carbons (Fsp3) is 0.696. The Morgan fingerprint density at radius 1 is 1.23 bits per heavy atom. The van der Waals surface area contributed by atoms with Crippen molar-refractivity contribution in [1.82, 2.24) is 19.9 Å². The van der Waals surface area contributed by atoms with E-state index in [0.29, 0.717) is 17.3 Å². The zero-order valence-electron chi connectivity index (χ0n) is 18.2. The Kier molecular flexibility index (Phi) is 6.68. The van der Waals surface area contributed by atoms with E-state index >= 15 is 0 Å². The highest BCUT2D eigenvalue weighted by Crippen LogP contribution is 2.36. The third-order valence-corrected chi connectivity index (χ3v) is 6.74. The largest absolute Gasteiger partial charge is 0.393 e. The van der Waals surface area contributed by atoms with Gasteiger partial charge in [-0.2, -0.15) is 0 Å². The van der Waals surface area contributed by atoms with Crippen LogP contribution < -0.4 is 16.2 Å². The van der Waals surface area contributed by atoms with E-state index in [2.05, 4.69) is 35.7 Å². The predicted octanol–water partition coefficient (Wildman–Crippen LogP) is 3.34. The average molecular weight is 414 g/mol. The second kappa shape index (κ2) is 9.43. The number of nitrogens with zero attached hydrogens (tertiary/aromatic N) is 3. The summed E-state index contributed by atoms with van der Waals surface area (Å²) in [6, 6.07) is 0.509. The molecule has 1 saturated heterocycles. The van der Waals surface area contributed by atoms with E-state index in [0.717, 1.165) is 75.5 Å². The molecule has 3 N–H and O–H groups in total. The van der Waals surface area contributed by atoms with Crippen molar-refractivity contribution < 1.29 is 5.11 Å². The number of hydrogen-bond donors (Lipinski definition) is 3. The number of hydrogen-bond acceptors (Lipinski definition) is 6. The molecule has 7 nitrogen and oxygen atoms in total. The molecular formula is C23H35N5O2. The molecule has 3 heterocycles. The summed E-state index contributed by atoms with van der Waals surface area (Å²) in [4.78, 5) is 22.7. The first-order chi connectivity index (χ1) is 14.6. The third-order valence-electron chi connectivity index (χ3n) is 6.74. The number of pyridine rings is 1. The highest BCUT2D eigenvalue weighted by molar-refractivity contribution is 5.81. The molecule has 4 rings (SSSR count). The Labute approximate surface area is 178 Å². The maximum Gasteiger partial charge on any atom is 0.261 e. The Balaban J connectivity index is 1.78. The molecule has 1 aliphatic carbocycles. The Morgan fingerprint density at radius 2 is 1.97 bits per heavy atom. The van der Waals surface area contributed by atoms with Gasteiger partial charge in [0.25, 0.3) is 5.56 Å². The molecule has 0 radical (unpaired) electrons. The van der Waals surface area contributed by atoms with Crippen LogP contribution in [0, 0.1) is 0 Å². The molecule has 0 bridgehead atoms. The van der Waals surface area contributed by atoms with Crippen LogP contribution in [0.3, 0.4) is 0 Å². The Bertz CT molecular complexity index is 914. The first-order valence-electron chi connectivity index (χ1n) is 11.6. The van der Waals surface area contributed by atoms with Crippen LogP contribution in [-0.4, -0.2) is 44.9 Å². The van der Waals surface area contributed by atoms with Gasteiger partial charge in [-0.3, -0.25) is 4.79 Å². The summed E-state index contributed by atoms with van der Waals surface area (Å²) in [5, 5.41) is 17.4. The van der Waals surface area contributed by atoms with E-state index in [9.17, 15) is 9.90 Å². The minimum Gasteiger partial charge on any atom is -0.393 e. The van der Waals surface area contributed by atoms with E-state index in [4.69, 9.17) is 4.98 Å². The molecule has 0 aromatic carbocycles. The first-order valence-corrected chi connectivity index (χ1v) is 11.6. The van der Waals surface area contributed by atoms with Crippen LogP contribution in [0.15, 0.2) is 17.2 Å². The number of aliphatic hydroxyl groups is 1. The van der Waals surface area contributed by atoms with Gasteiger partial charge in [-0.15, -0.1) is 0 Å². The van der Waals surface area contributed by atoms with Crippen LogP contribution in [0.1, 0.15) is 82.7 Å². The first kappa shape index (κ1) is 21.2. The molecule has 7 heteroatoms. The fourth-order valence-corrected chi connectivity index (χ4v) is 5.00. The van der Waals surface area contributed by atoms with Crippen molar-refractivity contribution in [2.24, 2.45) is 0 Å². The average Bonchev–Trinajstić information content (AvgIpc) is 2.75. The SMILES string of the molecule is CCCC(C)Nc1ncc2c(=O)n(C3CCNCC3)cc(C3CCC(O)CC3)c2n1. The highest BCUT2D eigenvalue weighted by Gasteiger charge is 2.26. The molecule has 164 valence electrons. The topological polar surface area (TPSA) is 92.1 Å². The van der Waals surface area contributed by atoms with Gasteiger partial charge < -0.3 is 20.3 Å². The molecule has 2 aliphatic rings. The van der Waals surface area contributed by atoms with Gasteiger partial charge in [0.2, 0.25) is 5.95 Å². The molecule has 30 heavy (non-hydrogen) atoms. The van der Waals surface area contributed by atoms with Crippen LogP contribution in [0.2, 0.25) is 0 Å². The van der Waals surface area contributed by atoms with Crippen LogP contribution >= 0.6 is 0 Å². The van der Waals surface area contributed by atoms with Gasteiger partial charge in [0.05, 0.1) is 17.0 Å². The number of rotatable bonds is 6. The fourth-order valence-electron chi connectivity index (χ4n) is 5.00. The Hall–Kier alpha value is -1.99. The van der Waals surface area contributed by atoms with E-state index in [1.165, 1.54) is 0 Å². The number of anilines is 1. The molecule has 2 fully saturated rings. The van der Waals surface area contributed by atoms with Gasteiger partial charge in [-0.1, -0.05) is 13.3 Å². The van der Waals surface area contributed by atoms with Crippen LogP contribution in [0.5, 0.6) is 0 Å². The normalized spacial score (nSPS) is 24.1. The summed E-state index contributed by atoms with van der Waals surface area (Å²) < 4.78 is 1.94. The van der Waals surface area contributed by atoms with E-state index in [-0.39, 0.29) is 23.7 Å². The molecule has 1 unspecified atom stereocenters. The zero-order valence-corrected chi connectivity index (χ0v) is 18.2. The summed E-state index contributed by atoms with van der Waals surface area (Å²) in [5.74, 6) is 0.917. The second-order valence-electron chi connectivity index (χ2n) is 9.07. The predicted molar refractivity (Wildman–Crippen MR) is 120 cm³/mol. The summed E-state index contributed by atoms with van der Waals surface area (Å²) in [6.45, 7) is 6.18. The number of nitrogens with one attached hydrogen (secondary N) is 2. The third kappa shape index (κ3) is 4.52. The van der Waals surface area contributed by atoms with Crippen LogP contribution in [0.4, 0.5) is 5.95 Å². The molecule has 1 saturated carbocycles. The van der Waals surface area contributed by atoms with Crippen LogP contribution in [0.25, 0.3) is 10.9 Å². The highest BCUT2D eigenvalue weighted by atomic mass is 16.3. The quantitative estimate of drug-likeness (QED) is 0.673. The number of aliphatic hydroxyl groups excluding tert-OH is 1. The van der Waals surface area contributed by atoms with Crippen molar-refractivity contribution in [3.8, 4) is 0 Å². The maximum absolute atomic E-state index is 13.4. The Morgan fingerprint density at radius 3 is 2.67 bits per heavy atom. The molecule has 2 aromatic heterocycles. The van der Waals surface area contributed by atoms with Gasteiger partial charge in [0, 0.05) is 24.5 Å². The van der Waals surface area contributed by atoms with Crippen molar-refractivity contribution >= 4 is 16.9 Å². The molecule has 0 amide bonds. The lowest BCUT2D eigenvalue weighted by atomic mass is 9.82. The van der Waals surface area contributed by atoms with Crippen molar-refractivity contribution in [3.63, 3.8) is 0 Å². The van der Waals surface area contributed by atoms with Crippen molar-refractivity contribution in [1.29, 1.82) is 0 Å². The van der Waals surface area contributed by atoms with E-state index < -0.39 is 0 Å². The van der Waals surface area contributed by atoms with Gasteiger partial charge >= 0.3 is 0 Å². The van der Waals surface area contributed by atoms with Crippen LogP contribution in [-0.2, 0) is 0 Å². The summed E-state index contributed by atoms with van der Waals surface area (Å²) in [5.41, 5.74) is 1.95. The minimum atomic E-state index is -0.204. The molecule has 0 spiro atoms. The monoisotopic (exact) mass is 413 g/mol. The summed E-state index contributed by atoms with van der Waals surface area (Å²) in [7, 11) is 0. The maximum atomic E-state index is 13.4. The lowest BCUT2D eigenvalue weighted by molar-refractivity contribution is 0.122. The standard InChI is InChI=1S/C23H35N5O2/c1-3-4-15(2)26-23-25-13-19-21(27-23)20(16-5-7-18(29)8-6-16)14-28(22(19)30)17-9-11-24-12-10-17/h13-18,24,29H,3-12H2,1-2H3,(H,25,26,27). The summed E-state index contributed by atoms with van der Waals surface area (Å²) >= 11 is 0. The van der Waals surface area contributed by atoms with Gasteiger partial charge in [-0.05, 0) is 76.4 Å². The van der Waals surface area contributed by atoms with Gasteiger partial charge in [-0.25, -0.2) is 9.97 Å². The number of aromatic nitrogens is 3. The van der Waals surface area contributed by atoms with Crippen molar-refractivity contribution in [3.05, 3.63) is 28.3 Å². The van der Waals surface area contributed by atoms with Gasteiger partial charge in [0.15, 0.2) is 0 Å². The van der Waals surface area contributed by atoms with Gasteiger partial charge in [0.1, 0.15) is 0 Å². The molecule has 2 aromatic rings. The summed E-state index contributed by atoms with van der Waals surface area (Å²) in [6.07, 6.45) is 11.1. The molecule has 1 aliphatic heterocycles. The van der Waals surface area contributed by atoms with E-state index in [1.54, 1.807) is 6.20 Å². The number of piperidine rings is 1. The number of fused-ring (bicyclic) bond motifs is 1. The van der Waals surface area contributed by atoms with Crippen molar-refractivity contribution in [2.45, 2.75) is 89.3 Å². The second-order valence-corrected chi connectivity index (χ2v) is 9.07. The minimum absolute atomic E-state index is 0.0182. The molecular weight excluding hydrogens is 378 g/mol. The lowest BCUT2D eigenvalue weighted by Gasteiger charge is -2.29. The lowest BCUT2D eigenvalue weighted by Crippen LogP contribution is -2.35.